The summed E-state index contributed by atoms with van der Waals surface area (Å²) in [7, 11) is 1.61. The number of hydrogen-bond donors (Lipinski definition) is 1. The standard InChI is InChI=1S/C20H26N2O3/c1-5-22(6-2)17-9-7-16(8-10-17)21-20(23)15(3)25-19-13-11-18(24-4)12-14-19/h7-15H,5-6H2,1-4H3,(H,21,23). The number of ether oxygens (including phenoxy) is 2. The summed E-state index contributed by atoms with van der Waals surface area (Å²) in [6, 6.07) is 15.0. The van der Waals surface area contributed by atoms with Crippen LogP contribution < -0.4 is 19.7 Å². The number of hydrogen-bond acceptors (Lipinski definition) is 4. The van der Waals surface area contributed by atoms with Crippen molar-refractivity contribution in [3.8, 4) is 11.5 Å². The molecule has 0 radical (unpaired) electrons. The van der Waals surface area contributed by atoms with E-state index in [0.717, 1.165) is 30.2 Å². The molecule has 25 heavy (non-hydrogen) atoms. The molecule has 0 bridgehead atoms. The molecule has 2 aromatic carbocycles. The van der Waals surface area contributed by atoms with Crippen molar-refractivity contribution in [3.63, 3.8) is 0 Å². The normalized spacial score (nSPS) is 11.5. The zero-order valence-electron chi connectivity index (χ0n) is 15.3. The Morgan fingerprint density at radius 1 is 1.00 bits per heavy atom. The number of carbonyl (C=O) groups excluding carboxylic acids is 1. The monoisotopic (exact) mass is 342 g/mol. The van der Waals surface area contributed by atoms with Gasteiger partial charge >= 0.3 is 0 Å². The highest BCUT2D eigenvalue weighted by Gasteiger charge is 2.15. The number of nitrogens with one attached hydrogen (secondary N) is 1. The minimum atomic E-state index is -0.601. The summed E-state index contributed by atoms with van der Waals surface area (Å²) in [6.45, 7) is 7.88. The topological polar surface area (TPSA) is 50.8 Å². The van der Waals surface area contributed by atoms with Gasteiger partial charge in [-0.2, -0.15) is 0 Å². The molecule has 134 valence electrons. The Kier molecular flexibility index (Phi) is 6.69. The Morgan fingerprint density at radius 3 is 2.08 bits per heavy atom. The van der Waals surface area contributed by atoms with Crippen LogP contribution in [0, 0.1) is 0 Å². The lowest BCUT2D eigenvalue weighted by Gasteiger charge is -2.21. The Balaban J connectivity index is 1.93. The van der Waals surface area contributed by atoms with Gasteiger partial charge in [-0.3, -0.25) is 4.79 Å². The van der Waals surface area contributed by atoms with E-state index in [0.29, 0.717) is 5.75 Å². The van der Waals surface area contributed by atoms with E-state index in [1.807, 2.05) is 24.3 Å². The van der Waals surface area contributed by atoms with Crippen molar-refractivity contribution in [2.24, 2.45) is 0 Å². The highest BCUT2D eigenvalue weighted by Crippen LogP contribution is 2.20. The molecule has 0 aliphatic carbocycles. The first-order valence-electron chi connectivity index (χ1n) is 8.54. The third-order valence-electron chi connectivity index (χ3n) is 4.00. The lowest BCUT2D eigenvalue weighted by atomic mass is 10.2. The van der Waals surface area contributed by atoms with Crippen LogP contribution in [0.4, 0.5) is 11.4 Å². The average Bonchev–Trinajstić information content (AvgIpc) is 2.64. The molecule has 0 aliphatic rings. The van der Waals surface area contributed by atoms with Gasteiger partial charge in [0, 0.05) is 24.5 Å². The highest BCUT2D eigenvalue weighted by molar-refractivity contribution is 5.94. The van der Waals surface area contributed by atoms with Gasteiger partial charge in [0.05, 0.1) is 7.11 Å². The number of carbonyl (C=O) groups is 1. The second-order valence-electron chi connectivity index (χ2n) is 5.64. The van der Waals surface area contributed by atoms with E-state index in [1.165, 1.54) is 0 Å². The Bertz CT molecular complexity index is 664. The van der Waals surface area contributed by atoms with Gasteiger partial charge in [-0.1, -0.05) is 0 Å². The molecule has 5 heteroatoms. The van der Waals surface area contributed by atoms with Crippen LogP contribution in [0.15, 0.2) is 48.5 Å². The summed E-state index contributed by atoms with van der Waals surface area (Å²) in [6.07, 6.45) is -0.601. The van der Waals surface area contributed by atoms with E-state index in [2.05, 4.69) is 24.1 Å². The van der Waals surface area contributed by atoms with E-state index in [4.69, 9.17) is 9.47 Å². The van der Waals surface area contributed by atoms with Crippen molar-refractivity contribution in [1.29, 1.82) is 0 Å². The number of rotatable bonds is 8. The predicted molar refractivity (Wildman–Crippen MR) is 102 cm³/mol. The molecule has 0 spiro atoms. The summed E-state index contributed by atoms with van der Waals surface area (Å²) in [5, 5.41) is 2.88. The Labute approximate surface area is 149 Å². The molecule has 0 aromatic heterocycles. The number of methoxy groups -OCH3 is 1. The fraction of sp³-hybridized carbons (Fsp3) is 0.350. The maximum atomic E-state index is 12.3. The highest BCUT2D eigenvalue weighted by atomic mass is 16.5. The third-order valence-corrected chi connectivity index (χ3v) is 4.00. The lowest BCUT2D eigenvalue weighted by molar-refractivity contribution is -0.122. The molecule has 1 amide bonds. The predicted octanol–water partition coefficient (Wildman–Crippen LogP) is 3.95. The zero-order chi connectivity index (χ0) is 18.2. The molecule has 0 fully saturated rings. The number of benzene rings is 2. The van der Waals surface area contributed by atoms with Crippen LogP contribution in [0.25, 0.3) is 0 Å². The summed E-state index contributed by atoms with van der Waals surface area (Å²) in [5.74, 6) is 1.18. The summed E-state index contributed by atoms with van der Waals surface area (Å²) in [4.78, 5) is 14.6. The van der Waals surface area contributed by atoms with Crippen LogP contribution >= 0.6 is 0 Å². The molecule has 0 saturated heterocycles. The SMILES string of the molecule is CCN(CC)c1ccc(NC(=O)C(C)Oc2ccc(OC)cc2)cc1. The van der Waals surface area contributed by atoms with Crippen LogP contribution in [-0.4, -0.2) is 32.2 Å². The number of nitrogens with zero attached hydrogens (tertiary/aromatic N) is 1. The number of amides is 1. The molecule has 1 N–H and O–H groups in total. The fourth-order valence-corrected chi connectivity index (χ4v) is 2.50. The smallest absolute Gasteiger partial charge is 0.265 e. The van der Waals surface area contributed by atoms with Gasteiger partial charge in [0.25, 0.3) is 5.91 Å². The largest absolute Gasteiger partial charge is 0.497 e. The Morgan fingerprint density at radius 2 is 1.56 bits per heavy atom. The molecule has 5 nitrogen and oxygen atoms in total. The van der Waals surface area contributed by atoms with Gasteiger partial charge in [0.1, 0.15) is 11.5 Å². The van der Waals surface area contributed by atoms with E-state index in [1.54, 1.807) is 38.3 Å². The van der Waals surface area contributed by atoms with Crippen molar-refractivity contribution in [2.75, 3.05) is 30.4 Å². The molecule has 2 rings (SSSR count). The maximum Gasteiger partial charge on any atom is 0.265 e. The Hall–Kier alpha value is -2.69. The molecule has 1 unspecified atom stereocenters. The van der Waals surface area contributed by atoms with Crippen LogP contribution in [0.1, 0.15) is 20.8 Å². The summed E-state index contributed by atoms with van der Waals surface area (Å²) in [5.41, 5.74) is 1.90. The van der Waals surface area contributed by atoms with Crippen LogP contribution in [0.5, 0.6) is 11.5 Å². The van der Waals surface area contributed by atoms with Gasteiger partial charge in [-0.25, -0.2) is 0 Å². The molecular formula is C20H26N2O3. The third kappa shape index (κ3) is 5.14. The first-order chi connectivity index (χ1) is 12.1. The van der Waals surface area contributed by atoms with Crippen LogP contribution in [0.3, 0.4) is 0 Å². The van der Waals surface area contributed by atoms with E-state index in [9.17, 15) is 4.79 Å². The molecule has 0 saturated carbocycles. The van der Waals surface area contributed by atoms with Gasteiger partial charge in [0.2, 0.25) is 0 Å². The number of anilines is 2. The minimum absolute atomic E-state index is 0.189. The lowest BCUT2D eigenvalue weighted by Crippen LogP contribution is -2.30. The first kappa shape index (κ1) is 18.6. The van der Waals surface area contributed by atoms with Crippen molar-refractivity contribution in [2.45, 2.75) is 26.9 Å². The minimum Gasteiger partial charge on any atom is -0.497 e. The first-order valence-corrected chi connectivity index (χ1v) is 8.54. The van der Waals surface area contributed by atoms with Crippen LogP contribution in [0.2, 0.25) is 0 Å². The second-order valence-corrected chi connectivity index (χ2v) is 5.64. The summed E-state index contributed by atoms with van der Waals surface area (Å²) < 4.78 is 10.8. The van der Waals surface area contributed by atoms with Gasteiger partial charge in [-0.05, 0) is 69.3 Å². The fourth-order valence-electron chi connectivity index (χ4n) is 2.50. The van der Waals surface area contributed by atoms with Gasteiger partial charge in [-0.15, -0.1) is 0 Å². The van der Waals surface area contributed by atoms with Crippen LogP contribution in [-0.2, 0) is 4.79 Å². The molecular weight excluding hydrogens is 316 g/mol. The van der Waals surface area contributed by atoms with E-state index in [-0.39, 0.29) is 5.91 Å². The van der Waals surface area contributed by atoms with Gasteiger partial charge < -0.3 is 19.7 Å². The maximum absolute atomic E-state index is 12.3. The molecule has 0 aliphatic heterocycles. The van der Waals surface area contributed by atoms with Crippen molar-refractivity contribution >= 4 is 17.3 Å². The van der Waals surface area contributed by atoms with Crippen molar-refractivity contribution in [1.82, 2.24) is 0 Å². The second kappa shape index (κ2) is 8.97. The summed E-state index contributed by atoms with van der Waals surface area (Å²) >= 11 is 0. The van der Waals surface area contributed by atoms with Crippen molar-refractivity contribution < 1.29 is 14.3 Å². The molecule has 2 aromatic rings. The van der Waals surface area contributed by atoms with E-state index < -0.39 is 6.10 Å². The molecule has 1 atom stereocenters. The average molecular weight is 342 g/mol. The van der Waals surface area contributed by atoms with Crippen molar-refractivity contribution in [3.05, 3.63) is 48.5 Å². The zero-order valence-corrected chi connectivity index (χ0v) is 15.3. The molecule has 0 heterocycles. The van der Waals surface area contributed by atoms with E-state index >= 15 is 0 Å². The van der Waals surface area contributed by atoms with Gasteiger partial charge in [0.15, 0.2) is 6.10 Å². The quantitative estimate of drug-likeness (QED) is 0.789.